The molecule has 0 saturated carbocycles. The molecule has 2 amide bonds. The number of aromatic nitrogens is 2. The normalized spacial score (nSPS) is 15.6. The number of nitrogens with zero attached hydrogens (tertiary/aromatic N) is 2. The summed E-state index contributed by atoms with van der Waals surface area (Å²) in [6.45, 7) is 4.22. The van der Waals surface area contributed by atoms with E-state index in [0.717, 1.165) is 48.4 Å². The largest absolute Gasteiger partial charge is 0.340 e. The monoisotopic (exact) mass is 272 g/mol. The first-order valence-corrected chi connectivity index (χ1v) is 7.21. The summed E-state index contributed by atoms with van der Waals surface area (Å²) in [5, 5.41) is 2.94. The van der Waals surface area contributed by atoms with Crippen molar-refractivity contribution in [2.24, 2.45) is 0 Å². The SMILES string of the molecule is Cc1cccc2[nH]c(CNC(=O)N3CCCCC3)nc12. The molecule has 0 radical (unpaired) electrons. The number of imidazole rings is 1. The molecule has 1 aromatic heterocycles. The van der Waals surface area contributed by atoms with E-state index in [-0.39, 0.29) is 6.03 Å². The van der Waals surface area contributed by atoms with Crippen LogP contribution < -0.4 is 5.32 Å². The summed E-state index contributed by atoms with van der Waals surface area (Å²) in [4.78, 5) is 21.7. The molecule has 0 unspecified atom stereocenters. The molecule has 0 atom stereocenters. The quantitative estimate of drug-likeness (QED) is 0.882. The highest BCUT2D eigenvalue weighted by atomic mass is 16.2. The summed E-state index contributed by atoms with van der Waals surface area (Å²) in [6.07, 6.45) is 3.45. The molecule has 0 aliphatic carbocycles. The first kappa shape index (κ1) is 13.0. The number of carbonyl (C=O) groups is 1. The van der Waals surface area contributed by atoms with Gasteiger partial charge in [-0.25, -0.2) is 9.78 Å². The van der Waals surface area contributed by atoms with Crippen molar-refractivity contribution in [3.63, 3.8) is 0 Å². The molecule has 1 saturated heterocycles. The Bertz CT molecular complexity index is 613. The van der Waals surface area contributed by atoms with E-state index in [1.165, 1.54) is 6.42 Å². The first-order valence-electron chi connectivity index (χ1n) is 7.21. The van der Waals surface area contributed by atoms with Gasteiger partial charge in [-0.2, -0.15) is 0 Å². The van der Waals surface area contributed by atoms with Crippen LogP contribution in [0.25, 0.3) is 11.0 Å². The third-order valence-corrected chi connectivity index (χ3v) is 3.81. The van der Waals surface area contributed by atoms with Crippen molar-refractivity contribution < 1.29 is 4.79 Å². The van der Waals surface area contributed by atoms with Crippen LogP contribution in [-0.2, 0) is 6.54 Å². The summed E-state index contributed by atoms with van der Waals surface area (Å²) in [5.41, 5.74) is 3.15. The van der Waals surface area contributed by atoms with Gasteiger partial charge in [-0.15, -0.1) is 0 Å². The van der Waals surface area contributed by atoms with Gasteiger partial charge < -0.3 is 15.2 Å². The highest BCUT2D eigenvalue weighted by Gasteiger charge is 2.16. The number of H-pyrrole nitrogens is 1. The zero-order valence-corrected chi connectivity index (χ0v) is 11.8. The molecular formula is C15H20N4O. The standard InChI is InChI=1S/C15H20N4O/c1-11-6-5-7-12-14(11)18-13(17-12)10-16-15(20)19-8-3-2-4-9-19/h5-7H,2-4,8-10H2,1H3,(H,16,20)(H,17,18). The number of likely N-dealkylation sites (tertiary alicyclic amines) is 1. The molecule has 1 aromatic carbocycles. The number of aryl methyl sites for hydroxylation is 1. The minimum absolute atomic E-state index is 0.0156. The van der Waals surface area contributed by atoms with E-state index < -0.39 is 0 Å². The third-order valence-electron chi connectivity index (χ3n) is 3.81. The van der Waals surface area contributed by atoms with Gasteiger partial charge in [-0.1, -0.05) is 12.1 Å². The highest BCUT2D eigenvalue weighted by Crippen LogP contribution is 2.15. The molecule has 1 aliphatic rings. The predicted octanol–water partition coefficient (Wildman–Crippen LogP) is 2.57. The van der Waals surface area contributed by atoms with Crippen molar-refractivity contribution in [1.29, 1.82) is 0 Å². The minimum Gasteiger partial charge on any atom is -0.340 e. The van der Waals surface area contributed by atoms with Gasteiger partial charge in [0.1, 0.15) is 5.82 Å². The molecule has 1 aliphatic heterocycles. The average molecular weight is 272 g/mol. The number of benzene rings is 1. The molecule has 0 spiro atoms. The second-order valence-corrected chi connectivity index (χ2v) is 5.36. The Kier molecular flexibility index (Phi) is 3.58. The number of fused-ring (bicyclic) bond motifs is 1. The molecule has 3 rings (SSSR count). The molecule has 2 aromatic rings. The van der Waals surface area contributed by atoms with Gasteiger partial charge in [0.2, 0.25) is 0 Å². The molecule has 5 nitrogen and oxygen atoms in total. The van der Waals surface area contributed by atoms with E-state index >= 15 is 0 Å². The van der Waals surface area contributed by atoms with E-state index in [1.54, 1.807) is 0 Å². The fraction of sp³-hybridized carbons (Fsp3) is 0.467. The second kappa shape index (κ2) is 5.53. The van der Waals surface area contributed by atoms with Crippen LogP contribution in [0.1, 0.15) is 30.7 Å². The lowest BCUT2D eigenvalue weighted by molar-refractivity contribution is 0.186. The Balaban J connectivity index is 1.64. The van der Waals surface area contributed by atoms with Gasteiger partial charge >= 0.3 is 6.03 Å². The number of hydrogen-bond acceptors (Lipinski definition) is 2. The number of nitrogens with one attached hydrogen (secondary N) is 2. The van der Waals surface area contributed by atoms with Crippen molar-refractivity contribution in [3.8, 4) is 0 Å². The Morgan fingerprint density at radius 1 is 1.35 bits per heavy atom. The molecule has 20 heavy (non-hydrogen) atoms. The Labute approximate surface area is 118 Å². The number of carbonyl (C=O) groups excluding carboxylic acids is 1. The molecule has 106 valence electrons. The lowest BCUT2D eigenvalue weighted by Gasteiger charge is -2.26. The third kappa shape index (κ3) is 2.61. The number of para-hydroxylation sites is 1. The molecule has 5 heteroatoms. The van der Waals surface area contributed by atoms with E-state index in [4.69, 9.17) is 0 Å². The fourth-order valence-corrected chi connectivity index (χ4v) is 2.68. The Hall–Kier alpha value is -2.04. The van der Waals surface area contributed by atoms with Crippen molar-refractivity contribution in [1.82, 2.24) is 20.2 Å². The lowest BCUT2D eigenvalue weighted by atomic mass is 10.1. The fourth-order valence-electron chi connectivity index (χ4n) is 2.68. The maximum atomic E-state index is 12.0. The number of urea groups is 1. The maximum Gasteiger partial charge on any atom is 0.317 e. The summed E-state index contributed by atoms with van der Waals surface area (Å²) < 4.78 is 0. The topological polar surface area (TPSA) is 61.0 Å². The van der Waals surface area contributed by atoms with Crippen LogP contribution in [0.3, 0.4) is 0 Å². The van der Waals surface area contributed by atoms with Crippen LogP contribution in [0.5, 0.6) is 0 Å². The smallest absolute Gasteiger partial charge is 0.317 e. The Morgan fingerprint density at radius 3 is 2.90 bits per heavy atom. The summed E-state index contributed by atoms with van der Waals surface area (Å²) in [5.74, 6) is 0.805. The maximum absolute atomic E-state index is 12.0. The molecular weight excluding hydrogens is 252 g/mol. The Morgan fingerprint density at radius 2 is 2.15 bits per heavy atom. The van der Waals surface area contributed by atoms with Crippen LogP contribution in [0, 0.1) is 6.92 Å². The van der Waals surface area contributed by atoms with Gasteiger partial charge in [0.25, 0.3) is 0 Å². The van der Waals surface area contributed by atoms with Crippen LogP contribution in [0.4, 0.5) is 4.79 Å². The number of hydrogen-bond donors (Lipinski definition) is 2. The van der Waals surface area contributed by atoms with Crippen molar-refractivity contribution in [2.45, 2.75) is 32.7 Å². The zero-order valence-electron chi connectivity index (χ0n) is 11.8. The molecule has 2 N–H and O–H groups in total. The predicted molar refractivity (Wildman–Crippen MR) is 78.5 cm³/mol. The van der Waals surface area contributed by atoms with E-state index in [9.17, 15) is 4.79 Å². The van der Waals surface area contributed by atoms with Crippen LogP contribution in [-0.4, -0.2) is 34.0 Å². The number of piperidine rings is 1. The zero-order chi connectivity index (χ0) is 13.9. The van der Waals surface area contributed by atoms with Gasteiger partial charge in [-0.3, -0.25) is 0 Å². The number of aromatic amines is 1. The summed E-state index contributed by atoms with van der Waals surface area (Å²) in [6, 6.07) is 6.07. The number of rotatable bonds is 2. The van der Waals surface area contributed by atoms with Crippen LogP contribution in [0.15, 0.2) is 18.2 Å². The molecule has 0 bridgehead atoms. The van der Waals surface area contributed by atoms with Crippen molar-refractivity contribution in [3.05, 3.63) is 29.6 Å². The molecule has 2 heterocycles. The van der Waals surface area contributed by atoms with Crippen LogP contribution in [0.2, 0.25) is 0 Å². The summed E-state index contributed by atoms with van der Waals surface area (Å²) >= 11 is 0. The minimum atomic E-state index is 0.0156. The van der Waals surface area contributed by atoms with Gasteiger partial charge in [0.05, 0.1) is 17.6 Å². The average Bonchev–Trinajstić information content (AvgIpc) is 2.90. The molecule has 1 fully saturated rings. The van der Waals surface area contributed by atoms with E-state index in [1.807, 2.05) is 30.0 Å². The van der Waals surface area contributed by atoms with E-state index in [2.05, 4.69) is 15.3 Å². The number of amides is 2. The second-order valence-electron chi connectivity index (χ2n) is 5.36. The summed E-state index contributed by atoms with van der Waals surface area (Å²) in [7, 11) is 0. The van der Waals surface area contributed by atoms with Gasteiger partial charge in [0.15, 0.2) is 0 Å². The lowest BCUT2D eigenvalue weighted by Crippen LogP contribution is -2.42. The highest BCUT2D eigenvalue weighted by molar-refractivity contribution is 5.78. The van der Waals surface area contributed by atoms with Gasteiger partial charge in [-0.05, 0) is 37.8 Å². The van der Waals surface area contributed by atoms with Crippen molar-refractivity contribution in [2.75, 3.05) is 13.1 Å². The van der Waals surface area contributed by atoms with Crippen LogP contribution >= 0.6 is 0 Å². The van der Waals surface area contributed by atoms with Crippen molar-refractivity contribution >= 4 is 17.1 Å². The van der Waals surface area contributed by atoms with E-state index in [0.29, 0.717) is 6.54 Å². The first-order chi connectivity index (χ1) is 9.74. The van der Waals surface area contributed by atoms with Gasteiger partial charge in [0, 0.05) is 13.1 Å².